The highest BCUT2D eigenvalue weighted by Gasteiger charge is 2.15. The van der Waals surface area contributed by atoms with Crippen LogP contribution in [0.2, 0.25) is 5.02 Å². The molecule has 0 fully saturated rings. The number of esters is 1. The first kappa shape index (κ1) is 19.5. The van der Waals surface area contributed by atoms with Crippen LogP contribution in [0.5, 0.6) is 5.75 Å². The summed E-state index contributed by atoms with van der Waals surface area (Å²) in [7, 11) is 0. The Hall–Kier alpha value is -3.25. The predicted octanol–water partition coefficient (Wildman–Crippen LogP) is 4.62. The number of benzene rings is 2. The Kier molecular flexibility index (Phi) is 6.34. The predicted molar refractivity (Wildman–Crippen MR) is 105 cm³/mol. The highest BCUT2D eigenvalue weighted by Crippen LogP contribution is 2.19. The van der Waals surface area contributed by atoms with Gasteiger partial charge in [-0.1, -0.05) is 29.8 Å². The number of para-hydroxylation sites is 1. The van der Waals surface area contributed by atoms with Crippen molar-refractivity contribution in [3.63, 3.8) is 0 Å². The van der Waals surface area contributed by atoms with Gasteiger partial charge in [0, 0.05) is 10.7 Å². The number of carbonyl (C=O) groups excluding carboxylic acids is 2. The third-order valence-corrected chi connectivity index (χ3v) is 4.02. The zero-order chi connectivity index (χ0) is 19.9. The molecule has 6 nitrogen and oxygen atoms in total. The van der Waals surface area contributed by atoms with E-state index in [1.807, 2.05) is 37.3 Å². The van der Waals surface area contributed by atoms with Crippen molar-refractivity contribution in [3.8, 4) is 5.75 Å². The Morgan fingerprint density at radius 1 is 1.07 bits per heavy atom. The molecule has 144 valence electrons. The van der Waals surface area contributed by atoms with Crippen molar-refractivity contribution in [2.45, 2.75) is 13.5 Å². The van der Waals surface area contributed by atoms with E-state index >= 15 is 0 Å². The second-order valence-electron chi connectivity index (χ2n) is 5.95. The third-order valence-electron chi connectivity index (χ3n) is 3.78. The van der Waals surface area contributed by atoms with Gasteiger partial charge in [0.05, 0.1) is 0 Å². The van der Waals surface area contributed by atoms with Crippen LogP contribution in [0.15, 0.2) is 65.1 Å². The number of halogens is 1. The fraction of sp³-hybridized carbons (Fsp3) is 0.143. The van der Waals surface area contributed by atoms with Gasteiger partial charge in [-0.2, -0.15) is 0 Å². The summed E-state index contributed by atoms with van der Waals surface area (Å²) in [5.41, 5.74) is 1.41. The van der Waals surface area contributed by atoms with Crippen molar-refractivity contribution in [1.29, 1.82) is 0 Å². The molecule has 2 aromatic carbocycles. The average Bonchev–Trinajstić information content (AvgIpc) is 3.17. The Bertz CT molecular complexity index is 968. The molecule has 1 N–H and O–H groups in total. The van der Waals surface area contributed by atoms with Crippen LogP contribution < -0.4 is 10.1 Å². The summed E-state index contributed by atoms with van der Waals surface area (Å²) < 4.78 is 15.9. The van der Waals surface area contributed by atoms with E-state index in [9.17, 15) is 9.59 Å². The van der Waals surface area contributed by atoms with E-state index in [-0.39, 0.29) is 12.4 Å². The topological polar surface area (TPSA) is 77.8 Å². The first-order chi connectivity index (χ1) is 13.5. The largest absolute Gasteiger partial charge is 0.486 e. The maximum atomic E-state index is 12.0. The Balaban J connectivity index is 1.48. The minimum absolute atomic E-state index is 0.00198. The van der Waals surface area contributed by atoms with Crippen LogP contribution in [0, 0.1) is 6.92 Å². The fourth-order valence-electron chi connectivity index (χ4n) is 2.39. The number of hydrogen-bond acceptors (Lipinski definition) is 5. The van der Waals surface area contributed by atoms with Gasteiger partial charge in [-0.3, -0.25) is 4.79 Å². The lowest BCUT2D eigenvalue weighted by molar-refractivity contribution is -0.119. The molecule has 7 heteroatoms. The van der Waals surface area contributed by atoms with Gasteiger partial charge in [0.1, 0.15) is 18.1 Å². The van der Waals surface area contributed by atoms with Gasteiger partial charge in [-0.15, -0.1) is 0 Å². The van der Waals surface area contributed by atoms with Crippen molar-refractivity contribution in [2.75, 3.05) is 11.9 Å². The normalized spacial score (nSPS) is 10.4. The molecule has 0 saturated heterocycles. The van der Waals surface area contributed by atoms with E-state index in [0.717, 1.165) is 5.56 Å². The molecular formula is C21H18ClNO5. The molecule has 1 aromatic heterocycles. The van der Waals surface area contributed by atoms with Crippen LogP contribution in [0.4, 0.5) is 5.69 Å². The van der Waals surface area contributed by atoms with Crippen LogP contribution in [-0.4, -0.2) is 18.5 Å². The number of nitrogens with one attached hydrogen (secondary N) is 1. The minimum Gasteiger partial charge on any atom is -0.486 e. The molecule has 0 aliphatic heterocycles. The molecular weight excluding hydrogens is 382 g/mol. The molecule has 3 aromatic rings. The number of carbonyl (C=O) groups is 2. The number of furan rings is 1. The highest BCUT2D eigenvalue weighted by atomic mass is 35.5. The van der Waals surface area contributed by atoms with Crippen LogP contribution >= 0.6 is 11.6 Å². The number of rotatable bonds is 7. The Morgan fingerprint density at radius 2 is 1.86 bits per heavy atom. The smallest absolute Gasteiger partial charge is 0.374 e. The van der Waals surface area contributed by atoms with Crippen molar-refractivity contribution in [3.05, 3.63) is 82.8 Å². The molecule has 0 atom stereocenters. The van der Waals surface area contributed by atoms with Crippen molar-refractivity contribution < 1.29 is 23.5 Å². The van der Waals surface area contributed by atoms with Crippen LogP contribution in [-0.2, 0) is 16.1 Å². The summed E-state index contributed by atoms with van der Waals surface area (Å²) in [5.74, 6) is -0.0247. The molecule has 1 heterocycles. The molecule has 0 spiro atoms. The Morgan fingerprint density at radius 3 is 2.61 bits per heavy atom. The highest BCUT2D eigenvalue weighted by molar-refractivity contribution is 6.30. The van der Waals surface area contributed by atoms with Crippen molar-refractivity contribution in [1.82, 2.24) is 0 Å². The quantitative estimate of drug-likeness (QED) is 0.587. The van der Waals surface area contributed by atoms with E-state index in [1.54, 1.807) is 24.3 Å². The van der Waals surface area contributed by atoms with Gasteiger partial charge >= 0.3 is 5.97 Å². The summed E-state index contributed by atoms with van der Waals surface area (Å²) in [6.07, 6.45) is 0. The van der Waals surface area contributed by atoms with E-state index in [2.05, 4.69) is 5.32 Å². The summed E-state index contributed by atoms with van der Waals surface area (Å²) in [6.45, 7) is 1.56. The zero-order valence-electron chi connectivity index (χ0n) is 15.1. The summed E-state index contributed by atoms with van der Waals surface area (Å²) in [5, 5.41) is 3.24. The minimum atomic E-state index is -0.728. The standard InChI is InChI=1S/C21H18ClNO5/c1-14-11-15(22)7-9-18(14)23-20(24)13-27-21(25)19-10-8-17(28-19)12-26-16-5-3-2-4-6-16/h2-11H,12-13H2,1H3,(H,23,24). The van der Waals surface area contributed by atoms with Gasteiger partial charge in [0.15, 0.2) is 6.61 Å². The number of anilines is 1. The van der Waals surface area contributed by atoms with Crippen LogP contribution in [0.3, 0.4) is 0 Å². The van der Waals surface area contributed by atoms with E-state index < -0.39 is 18.5 Å². The number of hydrogen-bond donors (Lipinski definition) is 1. The van der Waals surface area contributed by atoms with Gasteiger partial charge in [-0.05, 0) is 55.0 Å². The molecule has 0 saturated carbocycles. The fourth-order valence-corrected chi connectivity index (χ4v) is 2.62. The molecule has 0 aliphatic carbocycles. The Labute approximate surface area is 167 Å². The van der Waals surface area contributed by atoms with Crippen LogP contribution in [0.25, 0.3) is 0 Å². The summed E-state index contributed by atoms with van der Waals surface area (Å²) in [4.78, 5) is 24.0. The summed E-state index contributed by atoms with van der Waals surface area (Å²) >= 11 is 5.88. The second kappa shape index (κ2) is 9.10. The van der Waals surface area contributed by atoms with E-state index in [0.29, 0.717) is 22.2 Å². The zero-order valence-corrected chi connectivity index (χ0v) is 15.9. The first-order valence-electron chi connectivity index (χ1n) is 8.51. The maximum Gasteiger partial charge on any atom is 0.374 e. The molecule has 28 heavy (non-hydrogen) atoms. The van der Waals surface area contributed by atoms with Gasteiger partial charge in [-0.25, -0.2) is 4.79 Å². The monoisotopic (exact) mass is 399 g/mol. The summed E-state index contributed by atoms with van der Waals surface area (Å²) in [6, 6.07) is 17.4. The number of aryl methyl sites for hydroxylation is 1. The lowest BCUT2D eigenvalue weighted by Crippen LogP contribution is -2.21. The SMILES string of the molecule is Cc1cc(Cl)ccc1NC(=O)COC(=O)c1ccc(COc2ccccc2)o1. The maximum absolute atomic E-state index is 12.0. The van der Waals surface area contributed by atoms with Gasteiger partial charge in [0.2, 0.25) is 5.76 Å². The van der Waals surface area contributed by atoms with Crippen molar-refractivity contribution >= 4 is 29.2 Å². The first-order valence-corrected chi connectivity index (χ1v) is 8.89. The molecule has 0 bridgehead atoms. The lowest BCUT2D eigenvalue weighted by atomic mass is 10.2. The molecule has 0 unspecified atom stereocenters. The van der Waals surface area contributed by atoms with E-state index in [1.165, 1.54) is 6.07 Å². The average molecular weight is 400 g/mol. The molecule has 3 rings (SSSR count). The second-order valence-corrected chi connectivity index (χ2v) is 6.39. The van der Waals surface area contributed by atoms with Crippen LogP contribution in [0.1, 0.15) is 21.9 Å². The third kappa shape index (κ3) is 5.37. The number of amides is 1. The van der Waals surface area contributed by atoms with E-state index in [4.69, 9.17) is 25.5 Å². The molecule has 0 radical (unpaired) electrons. The molecule has 0 aliphatic rings. The number of ether oxygens (including phenoxy) is 2. The van der Waals surface area contributed by atoms with Gasteiger partial charge in [0.25, 0.3) is 5.91 Å². The van der Waals surface area contributed by atoms with Gasteiger partial charge < -0.3 is 19.2 Å². The lowest BCUT2D eigenvalue weighted by Gasteiger charge is -2.08. The molecule has 1 amide bonds. The van der Waals surface area contributed by atoms with Crippen molar-refractivity contribution in [2.24, 2.45) is 0 Å².